The Morgan fingerprint density at radius 3 is 2.29 bits per heavy atom. The average Bonchev–Trinajstić information content (AvgIpc) is 2.48. The number of nitrogens with zero attached hydrogens (tertiary/aromatic N) is 2. The van der Waals surface area contributed by atoms with E-state index in [1.165, 1.54) is 0 Å². The third kappa shape index (κ3) is 6.76. The molecule has 1 aromatic rings. The molecule has 0 fully saturated rings. The smallest absolute Gasteiger partial charge is 0.134 e. The van der Waals surface area contributed by atoms with Gasteiger partial charge in [0.2, 0.25) is 0 Å². The molecule has 0 unspecified atom stereocenters. The first-order chi connectivity index (χ1) is 10.2. The highest BCUT2D eigenvalue weighted by molar-refractivity contribution is 5.57. The summed E-state index contributed by atoms with van der Waals surface area (Å²) in [5.41, 5.74) is 1.15. The highest BCUT2D eigenvalue weighted by atomic mass is 16.5. The zero-order valence-electron chi connectivity index (χ0n) is 13.9. The Kier molecular flexibility index (Phi) is 8.74. The normalized spacial score (nSPS) is 10.9. The van der Waals surface area contributed by atoms with Crippen molar-refractivity contribution in [3.8, 4) is 0 Å². The van der Waals surface area contributed by atoms with E-state index in [1.54, 1.807) is 6.33 Å². The first-order valence-electron chi connectivity index (χ1n) is 8.08. The summed E-state index contributed by atoms with van der Waals surface area (Å²) in [5, 5.41) is 6.71. The maximum Gasteiger partial charge on any atom is 0.134 e. The second-order valence-electron chi connectivity index (χ2n) is 5.55. The SMILES string of the molecule is CCCNc1ncnc(NCCOCCC(C)C)c1CC. The summed E-state index contributed by atoms with van der Waals surface area (Å²) in [6.07, 6.45) is 4.71. The van der Waals surface area contributed by atoms with Crippen LogP contribution >= 0.6 is 0 Å². The Hall–Kier alpha value is -1.36. The van der Waals surface area contributed by atoms with Crippen molar-refractivity contribution in [2.45, 2.75) is 47.0 Å². The van der Waals surface area contributed by atoms with E-state index in [1.807, 2.05) is 0 Å². The number of ether oxygens (including phenoxy) is 1. The van der Waals surface area contributed by atoms with Crippen molar-refractivity contribution in [3.05, 3.63) is 11.9 Å². The topological polar surface area (TPSA) is 59.1 Å². The van der Waals surface area contributed by atoms with E-state index >= 15 is 0 Å². The highest BCUT2D eigenvalue weighted by Gasteiger charge is 2.08. The van der Waals surface area contributed by atoms with Crippen LogP contribution in [0.2, 0.25) is 0 Å². The van der Waals surface area contributed by atoms with Gasteiger partial charge in [0.1, 0.15) is 18.0 Å². The van der Waals surface area contributed by atoms with Crippen LogP contribution in [0.1, 0.15) is 46.1 Å². The van der Waals surface area contributed by atoms with Gasteiger partial charge in [0.25, 0.3) is 0 Å². The Bertz CT molecular complexity index is 396. The largest absolute Gasteiger partial charge is 0.380 e. The number of hydrogen-bond acceptors (Lipinski definition) is 5. The third-order valence-corrected chi connectivity index (χ3v) is 3.22. The van der Waals surface area contributed by atoms with Gasteiger partial charge in [-0.15, -0.1) is 0 Å². The van der Waals surface area contributed by atoms with Crippen molar-refractivity contribution < 1.29 is 4.74 Å². The van der Waals surface area contributed by atoms with E-state index < -0.39 is 0 Å². The molecule has 1 aromatic heterocycles. The Labute approximate surface area is 128 Å². The zero-order valence-corrected chi connectivity index (χ0v) is 13.9. The zero-order chi connectivity index (χ0) is 15.5. The summed E-state index contributed by atoms with van der Waals surface area (Å²) < 4.78 is 5.61. The van der Waals surface area contributed by atoms with Gasteiger partial charge in [0, 0.05) is 25.3 Å². The quantitative estimate of drug-likeness (QED) is 0.613. The molecule has 0 saturated carbocycles. The maximum absolute atomic E-state index is 5.61. The summed E-state index contributed by atoms with van der Waals surface area (Å²) >= 11 is 0. The van der Waals surface area contributed by atoms with Crippen molar-refractivity contribution in [2.24, 2.45) is 5.92 Å². The Balaban J connectivity index is 2.43. The van der Waals surface area contributed by atoms with Crippen molar-refractivity contribution in [1.29, 1.82) is 0 Å². The van der Waals surface area contributed by atoms with Gasteiger partial charge in [0.15, 0.2) is 0 Å². The molecule has 0 amide bonds. The summed E-state index contributed by atoms with van der Waals surface area (Å²) in [6.45, 7) is 11.9. The minimum absolute atomic E-state index is 0.693. The molecule has 120 valence electrons. The van der Waals surface area contributed by atoms with Gasteiger partial charge in [-0.25, -0.2) is 9.97 Å². The molecule has 0 spiro atoms. The van der Waals surface area contributed by atoms with Gasteiger partial charge >= 0.3 is 0 Å². The molecule has 21 heavy (non-hydrogen) atoms. The third-order valence-electron chi connectivity index (χ3n) is 3.22. The van der Waals surface area contributed by atoms with Crippen LogP contribution in [0.3, 0.4) is 0 Å². The van der Waals surface area contributed by atoms with Gasteiger partial charge in [-0.2, -0.15) is 0 Å². The van der Waals surface area contributed by atoms with Gasteiger partial charge in [-0.3, -0.25) is 0 Å². The molecule has 5 nitrogen and oxygen atoms in total. The first kappa shape index (κ1) is 17.7. The number of anilines is 2. The van der Waals surface area contributed by atoms with Crippen LogP contribution < -0.4 is 10.6 Å². The molecule has 0 atom stereocenters. The molecule has 2 N–H and O–H groups in total. The van der Waals surface area contributed by atoms with Crippen LogP contribution in [-0.4, -0.2) is 36.3 Å². The van der Waals surface area contributed by atoms with Crippen molar-refractivity contribution >= 4 is 11.6 Å². The second-order valence-corrected chi connectivity index (χ2v) is 5.55. The number of hydrogen-bond donors (Lipinski definition) is 2. The van der Waals surface area contributed by atoms with E-state index in [4.69, 9.17) is 4.74 Å². The fraction of sp³-hybridized carbons (Fsp3) is 0.750. The maximum atomic E-state index is 5.61. The molecule has 1 rings (SSSR count). The summed E-state index contributed by atoms with van der Waals surface area (Å²) in [6, 6.07) is 0. The molecule has 0 bridgehead atoms. The summed E-state index contributed by atoms with van der Waals surface area (Å²) in [7, 11) is 0. The fourth-order valence-electron chi connectivity index (χ4n) is 1.96. The standard InChI is InChI=1S/C16H30N4O/c1-5-8-17-15-14(6-2)16(20-12-19-15)18-9-11-21-10-7-13(3)4/h12-13H,5-11H2,1-4H3,(H2,17,18,19,20). The van der Waals surface area contributed by atoms with Gasteiger partial charge in [-0.1, -0.05) is 27.7 Å². The lowest BCUT2D eigenvalue weighted by molar-refractivity contribution is 0.132. The van der Waals surface area contributed by atoms with Gasteiger partial charge in [0.05, 0.1) is 6.61 Å². The molecule has 5 heteroatoms. The molecule has 0 saturated heterocycles. The predicted molar refractivity (Wildman–Crippen MR) is 89.0 cm³/mol. The predicted octanol–water partition coefficient (Wildman–Crippen LogP) is 3.34. The van der Waals surface area contributed by atoms with Crippen molar-refractivity contribution in [1.82, 2.24) is 9.97 Å². The number of rotatable bonds is 11. The van der Waals surface area contributed by atoms with Crippen molar-refractivity contribution in [2.75, 3.05) is 36.9 Å². The monoisotopic (exact) mass is 294 g/mol. The van der Waals surface area contributed by atoms with Crippen molar-refractivity contribution in [3.63, 3.8) is 0 Å². The minimum Gasteiger partial charge on any atom is -0.380 e. The minimum atomic E-state index is 0.693. The number of nitrogens with one attached hydrogen (secondary N) is 2. The Morgan fingerprint density at radius 2 is 1.71 bits per heavy atom. The van der Waals surface area contributed by atoms with Gasteiger partial charge < -0.3 is 15.4 Å². The van der Waals surface area contributed by atoms with Crippen LogP contribution in [-0.2, 0) is 11.2 Å². The van der Waals surface area contributed by atoms with Crippen LogP contribution in [0.4, 0.5) is 11.6 Å². The van der Waals surface area contributed by atoms with Gasteiger partial charge in [-0.05, 0) is 25.2 Å². The lowest BCUT2D eigenvalue weighted by atomic mass is 10.1. The first-order valence-corrected chi connectivity index (χ1v) is 8.08. The van der Waals surface area contributed by atoms with Crippen LogP contribution in [0, 0.1) is 5.92 Å². The van der Waals surface area contributed by atoms with Crippen LogP contribution in [0.5, 0.6) is 0 Å². The lowest BCUT2D eigenvalue weighted by Crippen LogP contribution is -2.15. The molecule has 0 aromatic carbocycles. The van der Waals surface area contributed by atoms with Crippen LogP contribution in [0.15, 0.2) is 6.33 Å². The Morgan fingerprint density at radius 1 is 1.05 bits per heavy atom. The number of aromatic nitrogens is 2. The van der Waals surface area contributed by atoms with E-state index in [-0.39, 0.29) is 0 Å². The fourth-order valence-corrected chi connectivity index (χ4v) is 1.96. The van der Waals surface area contributed by atoms with Crippen LogP contribution in [0.25, 0.3) is 0 Å². The second kappa shape index (κ2) is 10.4. The molecule has 0 radical (unpaired) electrons. The van der Waals surface area contributed by atoms with E-state index in [0.717, 1.165) is 56.2 Å². The average molecular weight is 294 g/mol. The summed E-state index contributed by atoms with van der Waals surface area (Å²) in [4.78, 5) is 8.68. The molecule has 0 aliphatic heterocycles. The van der Waals surface area contributed by atoms with E-state index in [9.17, 15) is 0 Å². The highest BCUT2D eigenvalue weighted by Crippen LogP contribution is 2.20. The molecular weight excluding hydrogens is 264 g/mol. The molecule has 0 aliphatic carbocycles. The summed E-state index contributed by atoms with van der Waals surface area (Å²) in [5.74, 6) is 2.55. The van der Waals surface area contributed by atoms with E-state index in [2.05, 4.69) is 48.3 Å². The molecule has 1 heterocycles. The molecule has 0 aliphatic rings. The van der Waals surface area contributed by atoms with E-state index in [0.29, 0.717) is 12.5 Å². The molecular formula is C16H30N4O. The lowest BCUT2D eigenvalue weighted by Gasteiger charge is -2.14.